The van der Waals surface area contributed by atoms with Crippen molar-refractivity contribution < 1.29 is 14.3 Å². The van der Waals surface area contributed by atoms with Crippen LogP contribution in [0.15, 0.2) is 54.6 Å². The molecule has 4 heteroatoms. The smallest absolute Gasteiger partial charge is 0.348 e. The van der Waals surface area contributed by atoms with E-state index in [1.807, 2.05) is 30.9 Å². The van der Waals surface area contributed by atoms with Crippen molar-refractivity contribution in [3.05, 3.63) is 65.7 Å². The van der Waals surface area contributed by atoms with Gasteiger partial charge in [-0.2, -0.15) is 0 Å². The fourth-order valence-electron chi connectivity index (χ4n) is 2.26. The predicted octanol–water partition coefficient (Wildman–Crippen LogP) is 3.53. The zero-order valence-corrected chi connectivity index (χ0v) is 12.8. The number of para-hydroxylation sites is 1. The SMILES string of the molecule is CCN(CC)c1ccccc1C(=O)OC(=O)c1ccccc1. The van der Waals surface area contributed by atoms with Crippen molar-refractivity contribution in [2.75, 3.05) is 18.0 Å². The lowest BCUT2D eigenvalue weighted by atomic mass is 10.1. The second-order valence-corrected chi connectivity index (χ2v) is 4.73. The third-order valence-corrected chi connectivity index (χ3v) is 3.42. The molecule has 0 spiro atoms. The fourth-order valence-corrected chi connectivity index (χ4v) is 2.26. The third kappa shape index (κ3) is 3.52. The quantitative estimate of drug-likeness (QED) is 0.625. The van der Waals surface area contributed by atoms with E-state index in [1.54, 1.807) is 42.5 Å². The average molecular weight is 297 g/mol. The Bertz CT molecular complexity index is 648. The number of esters is 2. The van der Waals surface area contributed by atoms with E-state index < -0.39 is 11.9 Å². The van der Waals surface area contributed by atoms with Crippen LogP contribution in [0, 0.1) is 0 Å². The van der Waals surface area contributed by atoms with Crippen molar-refractivity contribution in [2.45, 2.75) is 13.8 Å². The molecule has 0 amide bonds. The van der Waals surface area contributed by atoms with E-state index in [0.717, 1.165) is 18.8 Å². The standard InChI is InChI=1S/C18H19NO3/c1-3-19(4-2)16-13-9-8-12-15(16)18(21)22-17(20)14-10-6-5-7-11-14/h5-13H,3-4H2,1-2H3. The van der Waals surface area contributed by atoms with Crippen molar-refractivity contribution >= 4 is 17.6 Å². The third-order valence-electron chi connectivity index (χ3n) is 3.42. The van der Waals surface area contributed by atoms with Gasteiger partial charge in [0, 0.05) is 13.1 Å². The summed E-state index contributed by atoms with van der Waals surface area (Å²) in [5.41, 5.74) is 1.53. The minimum Gasteiger partial charge on any atom is -0.386 e. The fraction of sp³-hybridized carbons (Fsp3) is 0.222. The molecule has 0 atom stereocenters. The second kappa shape index (κ2) is 7.41. The number of nitrogens with zero attached hydrogens (tertiary/aromatic N) is 1. The molecule has 2 aromatic carbocycles. The maximum atomic E-state index is 12.3. The van der Waals surface area contributed by atoms with E-state index in [9.17, 15) is 9.59 Å². The summed E-state index contributed by atoms with van der Waals surface area (Å²) in [4.78, 5) is 26.4. The van der Waals surface area contributed by atoms with Gasteiger partial charge < -0.3 is 9.64 Å². The minimum absolute atomic E-state index is 0.358. The van der Waals surface area contributed by atoms with Crippen LogP contribution < -0.4 is 4.90 Å². The molecule has 2 rings (SSSR count). The Morgan fingerprint density at radius 1 is 0.864 bits per heavy atom. The highest BCUT2D eigenvalue weighted by Crippen LogP contribution is 2.21. The summed E-state index contributed by atoms with van der Waals surface area (Å²) in [6.45, 7) is 5.57. The van der Waals surface area contributed by atoms with E-state index in [2.05, 4.69) is 0 Å². The highest BCUT2D eigenvalue weighted by atomic mass is 16.6. The van der Waals surface area contributed by atoms with Crippen LogP contribution in [0.3, 0.4) is 0 Å². The van der Waals surface area contributed by atoms with Crippen molar-refractivity contribution in [3.8, 4) is 0 Å². The van der Waals surface area contributed by atoms with Crippen molar-refractivity contribution in [1.29, 1.82) is 0 Å². The molecular formula is C18H19NO3. The van der Waals surface area contributed by atoms with Crippen LogP contribution in [0.25, 0.3) is 0 Å². The van der Waals surface area contributed by atoms with Gasteiger partial charge in [-0.15, -0.1) is 0 Å². The normalized spacial score (nSPS) is 10.1. The van der Waals surface area contributed by atoms with Gasteiger partial charge in [-0.05, 0) is 38.1 Å². The van der Waals surface area contributed by atoms with E-state index in [0.29, 0.717) is 11.1 Å². The van der Waals surface area contributed by atoms with Crippen LogP contribution in [0.2, 0.25) is 0 Å². The summed E-state index contributed by atoms with van der Waals surface area (Å²) in [7, 11) is 0. The molecule has 0 aliphatic carbocycles. The average Bonchev–Trinajstić information content (AvgIpc) is 2.57. The summed E-state index contributed by atoms with van der Waals surface area (Å²) in [5, 5.41) is 0. The van der Waals surface area contributed by atoms with Gasteiger partial charge in [0.25, 0.3) is 0 Å². The first-order chi connectivity index (χ1) is 10.7. The van der Waals surface area contributed by atoms with Gasteiger partial charge >= 0.3 is 11.9 Å². The Morgan fingerprint density at radius 3 is 2.09 bits per heavy atom. The van der Waals surface area contributed by atoms with Gasteiger partial charge in [0.2, 0.25) is 0 Å². The van der Waals surface area contributed by atoms with Crippen molar-refractivity contribution in [1.82, 2.24) is 0 Å². The highest BCUT2D eigenvalue weighted by molar-refractivity contribution is 6.05. The Balaban J connectivity index is 2.22. The Labute approximate surface area is 130 Å². The minimum atomic E-state index is -0.639. The Kier molecular flexibility index (Phi) is 5.31. The molecule has 0 fully saturated rings. The molecule has 0 saturated heterocycles. The maximum Gasteiger partial charge on any atom is 0.348 e. The van der Waals surface area contributed by atoms with Gasteiger partial charge in [-0.3, -0.25) is 0 Å². The molecule has 0 N–H and O–H groups in total. The number of anilines is 1. The molecule has 0 saturated carbocycles. The number of rotatable bonds is 5. The zero-order valence-electron chi connectivity index (χ0n) is 12.8. The molecule has 0 heterocycles. The van der Waals surface area contributed by atoms with E-state index in [-0.39, 0.29) is 0 Å². The summed E-state index contributed by atoms with van der Waals surface area (Å²) in [6.07, 6.45) is 0. The molecule has 0 aliphatic rings. The van der Waals surface area contributed by atoms with E-state index in [1.165, 1.54) is 0 Å². The van der Waals surface area contributed by atoms with Crippen LogP contribution in [-0.4, -0.2) is 25.0 Å². The first-order valence-electron chi connectivity index (χ1n) is 7.32. The van der Waals surface area contributed by atoms with E-state index in [4.69, 9.17) is 4.74 Å². The molecule has 2 aromatic rings. The number of carbonyl (C=O) groups is 2. The molecule has 114 valence electrons. The largest absolute Gasteiger partial charge is 0.386 e. The van der Waals surface area contributed by atoms with Crippen LogP contribution in [0.5, 0.6) is 0 Å². The lowest BCUT2D eigenvalue weighted by molar-refractivity contribution is 0.0398. The second-order valence-electron chi connectivity index (χ2n) is 4.73. The Hall–Kier alpha value is -2.62. The first-order valence-corrected chi connectivity index (χ1v) is 7.32. The van der Waals surface area contributed by atoms with Crippen LogP contribution in [0.1, 0.15) is 34.6 Å². The molecule has 0 unspecified atom stereocenters. The summed E-state index contributed by atoms with van der Waals surface area (Å²) >= 11 is 0. The number of benzene rings is 2. The van der Waals surface area contributed by atoms with Gasteiger partial charge in [0.05, 0.1) is 16.8 Å². The molecule has 0 bridgehead atoms. The van der Waals surface area contributed by atoms with Crippen molar-refractivity contribution in [3.63, 3.8) is 0 Å². The maximum absolute atomic E-state index is 12.3. The number of hydrogen-bond acceptors (Lipinski definition) is 4. The number of hydrogen-bond donors (Lipinski definition) is 0. The van der Waals surface area contributed by atoms with Crippen LogP contribution in [-0.2, 0) is 4.74 Å². The molecule has 4 nitrogen and oxygen atoms in total. The zero-order chi connectivity index (χ0) is 15.9. The Morgan fingerprint density at radius 2 is 1.45 bits per heavy atom. The summed E-state index contributed by atoms with van der Waals surface area (Å²) in [5.74, 6) is -1.27. The van der Waals surface area contributed by atoms with Crippen molar-refractivity contribution in [2.24, 2.45) is 0 Å². The van der Waals surface area contributed by atoms with E-state index >= 15 is 0 Å². The van der Waals surface area contributed by atoms with Gasteiger partial charge in [0.15, 0.2) is 0 Å². The highest BCUT2D eigenvalue weighted by Gasteiger charge is 2.19. The molecule has 0 aromatic heterocycles. The summed E-state index contributed by atoms with van der Waals surface area (Å²) < 4.78 is 5.00. The molecule has 0 aliphatic heterocycles. The first kappa shape index (κ1) is 15.8. The molecular weight excluding hydrogens is 278 g/mol. The predicted molar refractivity (Wildman–Crippen MR) is 86.2 cm³/mol. The van der Waals surface area contributed by atoms with Gasteiger partial charge in [-0.1, -0.05) is 30.3 Å². The lowest BCUT2D eigenvalue weighted by Crippen LogP contribution is -2.25. The monoisotopic (exact) mass is 297 g/mol. The van der Waals surface area contributed by atoms with Gasteiger partial charge in [0.1, 0.15) is 0 Å². The molecule has 22 heavy (non-hydrogen) atoms. The summed E-state index contributed by atoms with van der Waals surface area (Å²) in [6, 6.07) is 15.6. The molecule has 0 radical (unpaired) electrons. The number of carbonyl (C=O) groups excluding carboxylic acids is 2. The number of ether oxygens (including phenoxy) is 1. The van der Waals surface area contributed by atoms with Crippen LogP contribution in [0.4, 0.5) is 5.69 Å². The van der Waals surface area contributed by atoms with Crippen LogP contribution >= 0.6 is 0 Å². The lowest BCUT2D eigenvalue weighted by Gasteiger charge is -2.23. The van der Waals surface area contributed by atoms with Gasteiger partial charge in [-0.25, -0.2) is 9.59 Å². The topological polar surface area (TPSA) is 46.6 Å².